The zero-order valence-corrected chi connectivity index (χ0v) is 45.7. The number of nitrogens with zero attached hydrogens (tertiary/aromatic N) is 1. The number of sulfonamides is 1. The number of piperidine rings is 1. The molecule has 1 saturated carbocycles. The van der Waals surface area contributed by atoms with Crippen molar-refractivity contribution in [2.24, 2.45) is 35.5 Å². The molecule has 0 spiro atoms. The van der Waals surface area contributed by atoms with E-state index >= 15 is 0 Å². The summed E-state index contributed by atoms with van der Waals surface area (Å²) < 4.78 is 69.4. The van der Waals surface area contributed by atoms with Crippen LogP contribution in [0.2, 0.25) is 0 Å². The number of esters is 1. The molecule has 4 aliphatic rings. The van der Waals surface area contributed by atoms with Crippen molar-refractivity contribution in [2.45, 2.75) is 186 Å². The van der Waals surface area contributed by atoms with E-state index in [0.29, 0.717) is 81.8 Å². The van der Waals surface area contributed by atoms with Crippen molar-refractivity contribution >= 4 is 41.1 Å². The number of nitrogens with one attached hydrogen (secondary N) is 1. The van der Waals surface area contributed by atoms with Crippen molar-refractivity contribution in [3.05, 3.63) is 47.6 Å². The molecule has 4 N–H and O–H groups in total. The number of hydrogen-bond acceptors (Lipinski definition) is 14. The summed E-state index contributed by atoms with van der Waals surface area (Å²) in [5, 5.41) is 23.6. The normalized spacial score (nSPS) is 39.1. The maximum Gasteiger partial charge on any atom is 0.329 e. The van der Waals surface area contributed by atoms with Gasteiger partial charge in [0.2, 0.25) is 15.8 Å². The number of Topliss-reactive ketones (excluding diaryl/α,β-unsaturated/α-hetero) is 2. The third kappa shape index (κ3) is 17.9. The summed E-state index contributed by atoms with van der Waals surface area (Å²) in [5.41, 5.74) is 1.18. The Kier molecular flexibility index (Phi) is 23.1. The number of allylic oxidation sites excluding steroid dienone is 6. The van der Waals surface area contributed by atoms with Crippen LogP contribution in [0.5, 0.6) is 0 Å². The van der Waals surface area contributed by atoms with Crippen molar-refractivity contribution < 1.29 is 70.7 Å². The minimum Gasteiger partial charge on any atom is -0.461 e. The summed E-state index contributed by atoms with van der Waals surface area (Å²) in [6.45, 7) is 14.1. The maximum atomic E-state index is 14.5. The number of hydrogen-bond donors (Lipinski definition) is 4. The highest BCUT2D eigenvalue weighted by atomic mass is 32.2. The van der Waals surface area contributed by atoms with E-state index in [9.17, 15) is 47.3 Å². The number of cyclic esters (lactones) is 1. The van der Waals surface area contributed by atoms with Gasteiger partial charge in [-0.05, 0) is 127 Å². The molecule has 2 saturated heterocycles. The highest BCUT2D eigenvalue weighted by Gasteiger charge is 2.53. The predicted molar refractivity (Wildman–Crippen MR) is 270 cm³/mol. The number of aliphatic hydroxyl groups is 2. The van der Waals surface area contributed by atoms with E-state index < -0.39 is 102 Å². The Morgan fingerprint density at radius 1 is 0.887 bits per heavy atom. The van der Waals surface area contributed by atoms with Gasteiger partial charge < -0.3 is 43.5 Å². The fourth-order valence-corrected chi connectivity index (χ4v) is 12.4. The number of rotatable bonds is 9. The minimum atomic E-state index is -3.77. The van der Waals surface area contributed by atoms with Gasteiger partial charge in [0.1, 0.15) is 24.4 Å². The smallest absolute Gasteiger partial charge is 0.329 e. The van der Waals surface area contributed by atoms with Crippen molar-refractivity contribution in [2.75, 3.05) is 33.7 Å². The molecule has 1 aliphatic carbocycles. The van der Waals surface area contributed by atoms with Crippen molar-refractivity contribution in [3.63, 3.8) is 0 Å². The Bertz CT molecular complexity index is 2110. The van der Waals surface area contributed by atoms with Gasteiger partial charge in [-0.3, -0.25) is 18.9 Å². The van der Waals surface area contributed by atoms with E-state index in [1.807, 2.05) is 45.9 Å². The van der Waals surface area contributed by atoms with Gasteiger partial charge in [-0.1, -0.05) is 76.6 Å². The molecule has 404 valence electrons. The molecule has 4 rings (SSSR count). The second-order valence-corrected chi connectivity index (χ2v) is 24.9. The van der Waals surface area contributed by atoms with Crippen LogP contribution in [0.4, 0.5) is 0 Å². The standard InChI is InChI=1S/C52H85N2O15PS/c1-32-17-13-12-14-18-34(3)41(53-71(11,63)64)31-40-23-21-38(7)52(60,68-40)49(57)50(58)54-26-16-15-19-42(54)51(59)67-43(35(4)29-39-22-25-44(45(30-39)65-8)69-70(10,61)62)24-20-33(2)28-37(6)47(56)48(66-9)46(55)36(5)27-32/h12-14,17-18,28,32-33,35-36,38-45,47-48,53,56,60H,15-16,19-27,29-31H2,1-11H3,(H,61,62)/b14-12+,17-13+,34-18+,37-28+/t32-,33+,35-,36-,38-,39+,40+,41-,42+,43+,44-,45-,47-,48+,52-/m1/s1. The lowest BCUT2D eigenvalue weighted by Gasteiger charge is -2.43. The average Bonchev–Trinajstić information content (AvgIpc) is 3.29. The second kappa shape index (κ2) is 27.1. The van der Waals surface area contributed by atoms with Crippen LogP contribution in [0.1, 0.15) is 132 Å². The van der Waals surface area contributed by atoms with Crippen molar-refractivity contribution in [1.29, 1.82) is 0 Å². The molecule has 1 unspecified atom stereocenters. The van der Waals surface area contributed by atoms with E-state index in [2.05, 4.69) is 4.72 Å². The molecule has 0 aromatic carbocycles. The SMILES string of the molecule is CO[C@@H]1C[C@H](C[C@@H](C)[C@@H]2CC[C@H](C)/C=C(\C)[C@@H](O)[C@@H](OC)C(=O)[C@H](C)C[C@H](C)/C=C/C=C/C=C(\C)[C@H](NS(C)(=O)=O)C[C@@H]3CC[C@@H](C)[C@@](O)(O3)C(=O)C(=O)N3CCCC[C@H]3C(=O)O2)CC[C@H]1OP(C)(=O)O. The van der Waals surface area contributed by atoms with Crippen LogP contribution in [0.25, 0.3) is 0 Å². The monoisotopic (exact) mass is 1040 g/mol. The quantitative estimate of drug-likeness (QED) is 0.0809. The molecule has 0 aromatic rings. The van der Waals surface area contributed by atoms with Crippen LogP contribution in [0, 0.1) is 35.5 Å². The maximum absolute atomic E-state index is 14.5. The van der Waals surface area contributed by atoms with Gasteiger partial charge in [0.05, 0.1) is 24.6 Å². The third-order valence-corrected chi connectivity index (χ3v) is 16.3. The zero-order chi connectivity index (χ0) is 53.0. The highest BCUT2D eigenvalue weighted by Crippen LogP contribution is 2.44. The Morgan fingerprint density at radius 3 is 2.24 bits per heavy atom. The first kappa shape index (κ1) is 60.7. The van der Waals surface area contributed by atoms with Crippen LogP contribution in [0.15, 0.2) is 47.6 Å². The summed E-state index contributed by atoms with van der Waals surface area (Å²) in [4.78, 5) is 68.1. The molecule has 16 atom stereocenters. The van der Waals surface area contributed by atoms with Crippen molar-refractivity contribution in [3.8, 4) is 0 Å². The van der Waals surface area contributed by atoms with Crippen LogP contribution >= 0.6 is 7.60 Å². The first-order valence-corrected chi connectivity index (χ1v) is 29.5. The summed E-state index contributed by atoms with van der Waals surface area (Å²) >= 11 is 0. The summed E-state index contributed by atoms with van der Waals surface area (Å²) in [7, 11) is -4.56. The van der Waals surface area contributed by atoms with Crippen LogP contribution in [0.3, 0.4) is 0 Å². The summed E-state index contributed by atoms with van der Waals surface area (Å²) in [6.07, 6.45) is 13.0. The molecular weight excluding hydrogens is 956 g/mol. The van der Waals surface area contributed by atoms with E-state index in [0.717, 1.165) is 12.9 Å². The van der Waals surface area contributed by atoms with Gasteiger partial charge in [-0.15, -0.1) is 0 Å². The molecule has 71 heavy (non-hydrogen) atoms. The van der Waals surface area contributed by atoms with E-state index in [-0.39, 0.29) is 48.8 Å². The number of methoxy groups -OCH3 is 2. The Morgan fingerprint density at radius 2 is 1.59 bits per heavy atom. The highest BCUT2D eigenvalue weighted by molar-refractivity contribution is 7.88. The average molecular weight is 1040 g/mol. The predicted octanol–water partition coefficient (Wildman–Crippen LogP) is 6.74. The number of aliphatic hydroxyl groups excluding tert-OH is 1. The molecular formula is C52H85N2O15PS. The van der Waals surface area contributed by atoms with Crippen LogP contribution < -0.4 is 4.72 Å². The van der Waals surface area contributed by atoms with E-state index in [4.69, 9.17) is 23.5 Å². The van der Waals surface area contributed by atoms with Crippen LogP contribution in [-0.2, 0) is 57.2 Å². The lowest BCUT2D eigenvalue weighted by Crippen LogP contribution is -2.61. The van der Waals surface area contributed by atoms with Gasteiger partial charge in [-0.25, -0.2) is 17.9 Å². The lowest BCUT2D eigenvalue weighted by molar-refractivity contribution is -0.264. The topological polar surface area (TPSA) is 242 Å². The molecule has 2 bridgehead atoms. The zero-order valence-electron chi connectivity index (χ0n) is 44.0. The number of ether oxygens (including phenoxy) is 4. The molecule has 19 heteroatoms. The van der Waals surface area contributed by atoms with Gasteiger partial charge in [-0.2, -0.15) is 0 Å². The van der Waals surface area contributed by atoms with E-state index in [1.165, 1.54) is 12.0 Å². The first-order chi connectivity index (χ1) is 33.2. The first-order valence-electron chi connectivity index (χ1n) is 25.6. The number of amides is 1. The molecule has 1 amide bonds. The minimum absolute atomic E-state index is 0.0249. The molecule has 3 aliphatic heterocycles. The lowest BCUT2D eigenvalue weighted by atomic mass is 9.78. The third-order valence-electron chi connectivity index (χ3n) is 15.0. The number of carbonyl (C=O) groups is 4. The van der Waals surface area contributed by atoms with Gasteiger partial charge in [0.15, 0.2) is 5.78 Å². The Labute approximate surface area is 423 Å². The second-order valence-electron chi connectivity index (χ2n) is 21.3. The van der Waals surface area contributed by atoms with Crippen LogP contribution in [-0.4, -0.2) is 140 Å². The number of carbonyl (C=O) groups excluding carboxylic acids is 4. The Hall–Kier alpha value is -2.90. The molecule has 3 fully saturated rings. The molecule has 0 aromatic heterocycles. The molecule has 3 heterocycles. The van der Waals surface area contributed by atoms with Gasteiger partial charge in [0.25, 0.3) is 11.7 Å². The fourth-order valence-electron chi connectivity index (χ4n) is 10.8. The molecule has 0 radical (unpaired) electrons. The summed E-state index contributed by atoms with van der Waals surface area (Å²) in [6, 6.07) is -1.91. The summed E-state index contributed by atoms with van der Waals surface area (Å²) in [5.74, 6) is -7.25. The van der Waals surface area contributed by atoms with E-state index in [1.54, 1.807) is 46.1 Å². The van der Waals surface area contributed by atoms with Gasteiger partial charge >= 0.3 is 13.6 Å². The molecule has 17 nitrogen and oxygen atoms in total. The van der Waals surface area contributed by atoms with Gasteiger partial charge in [0, 0.05) is 45.3 Å². The van der Waals surface area contributed by atoms with Crippen molar-refractivity contribution in [1.82, 2.24) is 9.62 Å². The fraction of sp³-hybridized carbons (Fsp3) is 0.769. The number of ketones is 2. The Balaban J connectivity index is 1.71. The largest absolute Gasteiger partial charge is 0.461 e. The number of fused-ring (bicyclic) bond motifs is 3.